The molecule has 0 aromatic carbocycles. The van der Waals surface area contributed by atoms with Crippen LogP contribution in [-0.2, 0) is 9.59 Å². The molecule has 0 saturated carbocycles. The van der Waals surface area contributed by atoms with Crippen LogP contribution in [0.4, 0.5) is 4.39 Å². The van der Waals surface area contributed by atoms with Gasteiger partial charge in [0, 0.05) is 18.8 Å². The van der Waals surface area contributed by atoms with Crippen molar-refractivity contribution in [1.29, 1.82) is 0 Å². The fourth-order valence-corrected chi connectivity index (χ4v) is 1.43. The Balaban J connectivity index is 2.30. The first-order valence-electron chi connectivity index (χ1n) is 4.88. The summed E-state index contributed by atoms with van der Waals surface area (Å²) >= 11 is 0. The van der Waals surface area contributed by atoms with Crippen molar-refractivity contribution >= 4 is 11.8 Å². The summed E-state index contributed by atoms with van der Waals surface area (Å²) in [4.78, 5) is 21.7. The van der Waals surface area contributed by atoms with Crippen LogP contribution in [0.3, 0.4) is 0 Å². The Kier molecular flexibility index (Phi) is 4.21. The minimum atomic E-state index is -0.895. The molecule has 1 atom stereocenters. The predicted molar refractivity (Wildman–Crippen MR) is 52.9 cm³/mol. The van der Waals surface area contributed by atoms with E-state index < -0.39 is 5.97 Å². The van der Waals surface area contributed by atoms with E-state index in [4.69, 9.17) is 5.11 Å². The van der Waals surface area contributed by atoms with Gasteiger partial charge in [-0.05, 0) is 25.0 Å². The van der Waals surface area contributed by atoms with Crippen LogP contribution in [0.1, 0.15) is 25.7 Å². The van der Waals surface area contributed by atoms with E-state index in [0.717, 1.165) is 0 Å². The molecule has 1 aliphatic rings. The van der Waals surface area contributed by atoms with E-state index in [0.29, 0.717) is 12.8 Å². The number of carbonyl (C=O) groups is 2. The molecule has 1 rings (SSSR count). The lowest BCUT2D eigenvalue weighted by Gasteiger charge is -2.11. The summed E-state index contributed by atoms with van der Waals surface area (Å²) < 4.78 is 12.6. The zero-order valence-corrected chi connectivity index (χ0v) is 8.28. The van der Waals surface area contributed by atoms with Gasteiger partial charge in [-0.25, -0.2) is 4.39 Å². The molecule has 0 aromatic rings. The van der Waals surface area contributed by atoms with Crippen LogP contribution >= 0.6 is 0 Å². The van der Waals surface area contributed by atoms with Gasteiger partial charge in [-0.3, -0.25) is 9.59 Å². The van der Waals surface area contributed by atoms with E-state index >= 15 is 0 Å². The minimum absolute atomic E-state index is 0.00632. The number of carbonyl (C=O) groups excluding carboxylic acids is 1. The number of hydrogen-bond acceptors (Lipinski definition) is 2. The molecule has 0 aromatic heterocycles. The lowest BCUT2D eigenvalue weighted by Crippen LogP contribution is -2.13. The first-order valence-corrected chi connectivity index (χ1v) is 4.88. The number of ketones is 1. The lowest BCUT2D eigenvalue weighted by atomic mass is 9.93. The van der Waals surface area contributed by atoms with Gasteiger partial charge in [-0.1, -0.05) is 6.08 Å². The van der Waals surface area contributed by atoms with Gasteiger partial charge in [0.05, 0.1) is 0 Å². The SMILES string of the molecule is O=C(O)CCCC(=O)C1C=CC(F)=CC1. The highest BCUT2D eigenvalue weighted by atomic mass is 19.1. The molecule has 0 fully saturated rings. The molecular weight excluding hydrogens is 199 g/mol. The van der Waals surface area contributed by atoms with Gasteiger partial charge in [0.25, 0.3) is 0 Å². The van der Waals surface area contributed by atoms with E-state index in [-0.39, 0.29) is 30.4 Å². The van der Waals surface area contributed by atoms with Gasteiger partial charge in [0.1, 0.15) is 11.6 Å². The molecule has 0 bridgehead atoms. The Morgan fingerprint density at radius 3 is 2.73 bits per heavy atom. The van der Waals surface area contributed by atoms with Gasteiger partial charge in [-0.2, -0.15) is 0 Å². The van der Waals surface area contributed by atoms with E-state index in [2.05, 4.69) is 0 Å². The molecule has 0 heterocycles. The number of carboxylic acids is 1. The fraction of sp³-hybridized carbons (Fsp3) is 0.455. The molecule has 15 heavy (non-hydrogen) atoms. The van der Waals surface area contributed by atoms with Crippen LogP contribution in [0.2, 0.25) is 0 Å². The Hall–Kier alpha value is -1.45. The number of rotatable bonds is 5. The second kappa shape index (κ2) is 5.44. The van der Waals surface area contributed by atoms with Crippen molar-refractivity contribution in [2.24, 2.45) is 5.92 Å². The zero-order chi connectivity index (χ0) is 11.3. The average molecular weight is 212 g/mol. The smallest absolute Gasteiger partial charge is 0.303 e. The summed E-state index contributed by atoms with van der Waals surface area (Å²) in [5.41, 5.74) is 0. The second-order valence-corrected chi connectivity index (χ2v) is 3.50. The maximum Gasteiger partial charge on any atom is 0.303 e. The Morgan fingerprint density at radius 1 is 1.47 bits per heavy atom. The molecule has 0 aliphatic heterocycles. The Bertz CT molecular complexity index is 318. The number of allylic oxidation sites excluding steroid dienone is 4. The van der Waals surface area contributed by atoms with E-state index in [1.54, 1.807) is 6.08 Å². The summed E-state index contributed by atoms with van der Waals surface area (Å²) in [5, 5.41) is 8.39. The van der Waals surface area contributed by atoms with Crippen LogP contribution in [0.5, 0.6) is 0 Å². The third-order valence-corrected chi connectivity index (χ3v) is 2.28. The van der Waals surface area contributed by atoms with Crippen molar-refractivity contribution in [3.63, 3.8) is 0 Å². The molecule has 3 nitrogen and oxygen atoms in total. The monoisotopic (exact) mass is 212 g/mol. The molecule has 1 unspecified atom stereocenters. The van der Waals surface area contributed by atoms with Crippen LogP contribution in [0.15, 0.2) is 24.1 Å². The van der Waals surface area contributed by atoms with E-state index in [9.17, 15) is 14.0 Å². The summed E-state index contributed by atoms with van der Waals surface area (Å²) in [6.07, 6.45) is 5.18. The third kappa shape index (κ3) is 4.06. The maximum atomic E-state index is 12.6. The van der Waals surface area contributed by atoms with Crippen LogP contribution in [-0.4, -0.2) is 16.9 Å². The van der Waals surface area contributed by atoms with Gasteiger partial charge in [0.2, 0.25) is 0 Å². The van der Waals surface area contributed by atoms with Crippen molar-refractivity contribution in [1.82, 2.24) is 0 Å². The summed E-state index contributed by atoms with van der Waals surface area (Å²) in [7, 11) is 0. The second-order valence-electron chi connectivity index (χ2n) is 3.50. The van der Waals surface area contributed by atoms with Crippen LogP contribution < -0.4 is 0 Å². The fourth-order valence-electron chi connectivity index (χ4n) is 1.43. The highest BCUT2D eigenvalue weighted by Gasteiger charge is 2.16. The molecule has 0 saturated heterocycles. The number of hydrogen-bond donors (Lipinski definition) is 1. The average Bonchev–Trinajstić information content (AvgIpc) is 2.18. The van der Waals surface area contributed by atoms with Crippen molar-refractivity contribution in [2.45, 2.75) is 25.7 Å². The maximum absolute atomic E-state index is 12.6. The number of aliphatic carboxylic acids is 1. The summed E-state index contributed by atoms with van der Waals surface area (Å²) in [6, 6.07) is 0. The van der Waals surface area contributed by atoms with Gasteiger partial charge < -0.3 is 5.11 Å². The zero-order valence-electron chi connectivity index (χ0n) is 8.28. The third-order valence-electron chi connectivity index (χ3n) is 2.28. The largest absolute Gasteiger partial charge is 0.481 e. The van der Waals surface area contributed by atoms with Gasteiger partial charge >= 0.3 is 5.97 Å². The first kappa shape index (κ1) is 11.6. The van der Waals surface area contributed by atoms with Crippen molar-refractivity contribution in [2.75, 3.05) is 0 Å². The molecular formula is C11H13FO3. The minimum Gasteiger partial charge on any atom is -0.481 e. The highest BCUT2D eigenvalue weighted by Crippen LogP contribution is 2.19. The highest BCUT2D eigenvalue weighted by molar-refractivity contribution is 5.83. The van der Waals surface area contributed by atoms with Gasteiger partial charge in [0.15, 0.2) is 0 Å². The number of carboxylic acid groups (broad SMARTS) is 1. The molecule has 1 N–H and O–H groups in total. The normalized spacial score (nSPS) is 19.8. The summed E-state index contributed by atoms with van der Waals surface area (Å²) in [6.45, 7) is 0. The van der Waals surface area contributed by atoms with E-state index in [1.807, 2.05) is 0 Å². The Labute approximate surface area is 87.3 Å². The Morgan fingerprint density at radius 2 is 2.20 bits per heavy atom. The molecule has 0 amide bonds. The number of halogens is 1. The quantitative estimate of drug-likeness (QED) is 0.760. The standard InChI is InChI=1S/C11H13FO3/c12-9-6-4-8(5-7-9)10(13)2-1-3-11(14)15/h4,6-8H,1-3,5H2,(H,14,15). The topological polar surface area (TPSA) is 54.4 Å². The number of Topliss-reactive ketones (excluding diaryl/α,β-unsaturated/α-hetero) is 1. The van der Waals surface area contributed by atoms with E-state index in [1.165, 1.54) is 12.2 Å². The molecule has 1 aliphatic carbocycles. The predicted octanol–water partition coefficient (Wildman–Crippen LogP) is 2.24. The lowest BCUT2D eigenvalue weighted by molar-refractivity contribution is -0.137. The van der Waals surface area contributed by atoms with Crippen molar-refractivity contribution in [3.8, 4) is 0 Å². The van der Waals surface area contributed by atoms with Crippen LogP contribution in [0.25, 0.3) is 0 Å². The first-order chi connectivity index (χ1) is 7.09. The van der Waals surface area contributed by atoms with Crippen molar-refractivity contribution in [3.05, 3.63) is 24.1 Å². The van der Waals surface area contributed by atoms with Gasteiger partial charge in [-0.15, -0.1) is 0 Å². The molecule has 82 valence electrons. The van der Waals surface area contributed by atoms with Crippen LogP contribution in [0, 0.1) is 5.92 Å². The molecule has 0 radical (unpaired) electrons. The molecule has 4 heteroatoms. The molecule has 0 spiro atoms. The van der Waals surface area contributed by atoms with Crippen molar-refractivity contribution < 1.29 is 19.1 Å². The summed E-state index contributed by atoms with van der Waals surface area (Å²) in [5.74, 6) is -1.51.